The molecule has 12 heteroatoms. The summed E-state index contributed by atoms with van der Waals surface area (Å²) in [5.41, 5.74) is 2.34. The Morgan fingerprint density at radius 3 is 2.41 bits per heavy atom. The van der Waals surface area contributed by atoms with Crippen molar-refractivity contribution in [2.45, 2.75) is 39.5 Å². The van der Waals surface area contributed by atoms with Crippen molar-refractivity contribution >= 4 is 33.0 Å². The zero-order valence-corrected chi connectivity index (χ0v) is 25.1. The molecule has 11 nitrogen and oxygen atoms in total. The van der Waals surface area contributed by atoms with E-state index in [1.165, 1.54) is 17.7 Å². The summed E-state index contributed by atoms with van der Waals surface area (Å²) >= 11 is 0. The zero-order valence-electron chi connectivity index (χ0n) is 24.2. The van der Waals surface area contributed by atoms with E-state index in [0.717, 1.165) is 49.9 Å². The quantitative estimate of drug-likeness (QED) is 0.435. The lowest BCUT2D eigenvalue weighted by Gasteiger charge is -2.32. The average molecular weight is 585 g/mol. The third-order valence-electron chi connectivity index (χ3n) is 7.17. The van der Waals surface area contributed by atoms with E-state index >= 15 is 0 Å². The van der Waals surface area contributed by atoms with Crippen LogP contribution in [0.5, 0.6) is 11.5 Å². The Morgan fingerprint density at radius 1 is 1.07 bits per heavy atom. The normalized spacial score (nSPS) is 16.5. The first kappa shape index (κ1) is 28.9. The Balaban J connectivity index is 1.68. The van der Waals surface area contributed by atoms with Crippen molar-refractivity contribution in [3.63, 3.8) is 0 Å². The molecule has 0 aliphatic carbocycles. The number of benzene rings is 2. The van der Waals surface area contributed by atoms with E-state index in [0.29, 0.717) is 22.3 Å². The molecule has 41 heavy (non-hydrogen) atoms. The summed E-state index contributed by atoms with van der Waals surface area (Å²) in [6, 6.07) is 9.34. The van der Waals surface area contributed by atoms with Gasteiger partial charge in [0.25, 0.3) is 5.91 Å². The number of carbonyl (C=O) groups excluding carboxylic acids is 2. The van der Waals surface area contributed by atoms with Gasteiger partial charge in [0.1, 0.15) is 5.60 Å². The molecule has 3 heterocycles. The maximum atomic E-state index is 13.6. The molecular formula is C29H36N4O7S. The molecule has 3 aromatic rings. The molecule has 0 bridgehead atoms. The van der Waals surface area contributed by atoms with Crippen molar-refractivity contribution in [2.24, 2.45) is 0 Å². The molecule has 2 aromatic carbocycles. The van der Waals surface area contributed by atoms with Gasteiger partial charge in [0.2, 0.25) is 0 Å². The second-order valence-electron chi connectivity index (χ2n) is 11.6. The predicted octanol–water partition coefficient (Wildman–Crippen LogP) is 3.43. The summed E-state index contributed by atoms with van der Waals surface area (Å²) in [5, 5.41) is 3.55. The first-order chi connectivity index (χ1) is 19.2. The SMILES string of the molecule is COc1cc(-c2cc3cc(CN4CCN(C)CC4)ccc3n2C(=O)OC(C)(C)C)c2c(c1OS(C)(=O)=O)CNC2=O. The van der Waals surface area contributed by atoms with E-state index in [9.17, 15) is 18.0 Å². The Hall–Kier alpha value is -3.61. The van der Waals surface area contributed by atoms with Crippen molar-refractivity contribution in [2.75, 3.05) is 46.6 Å². The standard InChI is InChI=1S/C29H36N4O7S/c1-29(2,3)39-28(35)33-22-8-7-18(17-32-11-9-31(4)10-12-32)13-19(22)14-23(33)20-15-24(38-5)26(40-41(6,36)37)21-16-30-27(34)25(20)21/h7-8,13-15H,9-12,16-17H2,1-6H3,(H,30,34). The van der Waals surface area contributed by atoms with Crippen LogP contribution in [0.1, 0.15) is 42.3 Å². The first-order valence-electron chi connectivity index (χ1n) is 13.4. The van der Waals surface area contributed by atoms with Gasteiger partial charge >= 0.3 is 16.2 Å². The van der Waals surface area contributed by atoms with Crippen LogP contribution in [0.2, 0.25) is 0 Å². The van der Waals surface area contributed by atoms with Gasteiger partial charge in [-0.1, -0.05) is 6.07 Å². The summed E-state index contributed by atoms with van der Waals surface area (Å²) in [5.74, 6) is -0.341. The molecule has 0 unspecified atom stereocenters. The highest BCUT2D eigenvalue weighted by molar-refractivity contribution is 7.86. The maximum Gasteiger partial charge on any atom is 0.419 e. The largest absolute Gasteiger partial charge is 0.493 e. The maximum absolute atomic E-state index is 13.6. The summed E-state index contributed by atoms with van der Waals surface area (Å²) in [6.45, 7) is 10.2. The van der Waals surface area contributed by atoms with Crippen LogP contribution < -0.4 is 14.2 Å². The van der Waals surface area contributed by atoms with Crippen LogP contribution in [0.3, 0.4) is 0 Å². The minimum Gasteiger partial charge on any atom is -0.493 e. The van der Waals surface area contributed by atoms with Gasteiger partial charge in [-0.15, -0.1) is 0 Å². The molecule has 220 valence electrons. The number of aromatic nitrogens is 1. The second kappa shape index (κ2) is 10.7. The van der Waals surface area contributed by atoms with Gasteiger partial charge in [0.05, 0.1) is 30.1 Å². The Morgan fingerprint density at radius 2 is 1.78 bits per heavy atom. The van der Waals surface area contributed by atoms with Gasteiger partial charge in [-0.25, -0.2) is 9.36 Å². The van der Waals surface area contributed by atoms with Gasteiger partial charge in [0.15, 0.2) is 11.5 Å². The Labute approximate surface area is 240 Å². The number of piperazine rings is 1. The number of ether oxygens (including phenoxy) is 2. The van der Waals surface area contributed by atoms with Crippen molar-refractivity contribution in [3.05, 3.63) is 47.0 Å². The van der Waals surface area contributed by atoms with Crippen molar-refractivity contribution in [1.29, 1.82) is 0 Å². The topological polar surface area (TPSA) is 119 Å². The zero-order chi connectivity index (χ0) is 29.7. The number of likely N-dealkylation sites (N-methyl/N-ethyl adjacent to an activating group) is 1. The highest BCUT2D eigenvalue weighted by Gasteiger charge is 2.34. The van der Waals surface area contributed by atoms with Crippen LogP contribution in [-0.2, 0) is 27.9 Å². The number of amides is 1. The van der Waals surface area contributed by atoms with Gasteiger partial charge in [-0.05, 0) is 57.6 Å². The fourth-order valence-electron chi connectivity index (χ4n) is 5.30. The molecule has 1 amide bonds. The number of nitrogens with one attached hydrogen (secondary N) is 1. The number of nitrogens with zero attached hydrogens (tertiary/aromatic N) is 3. The molecule has 0 saturated carbocycles. The summed E-state index contributed by atoms with van der Waals surface area (Å²) < 4.78 is 42.1. The number of hydrogen-bond donors (Lipinski definition) is 1. The van der Waals surface area contributed by atoms with E-state index in [4.69, 9.17) is 13.7 Å². The minimum absolute atomic E-state index is 0.0467. The van der Waals surface area contributed by atoms with E-state index < -0.39 is 27.7 Å². The number of fused-ring (bicyclic) bond motifs is 2. The molecular weight excluding hydrogens is 548 g/mol. The minimum atomic E-state index is -3.91. The van der Waals surface area contributed by atoms with Gasteiger partial charge in [0, 0.05) is 55.8 Å². The van der Waals surface area contributed by atoms with Crippen LogP contribution in [-0.4, -0.2) is 87.0 Å². The van der Waals surface area contributed by atoms with Crippen molar-refractivity contribution in [1.82, 2.24) is 19.7 Å². The number of carbonyl (C=O) groups is 2. The highest BCUT2D eigenvalue weighted by Crippen LogP contribution is 2.44. The van der Waals surface area contributed by atoms with Crippen molar-refractivity contribution in [3.8, 4) is 22.8 Å². The van der Waals surface area contributed by atoms with E-state index in [2.05, 4.69) is 28.2 Å². The lowest BCUT2D eigenvalue weighted by molar-refractivity contribution is 0.0546. The fraction of sp³-hybridized carbons (Fsp3) is 0.448. The number of methoxy groups -OCH3 is 1. The van der Waals surface area contributed by atoms with Crippen LogP contribution in [0.4, 0.5) is 4.79 Å². The highest BCUT2D eigenvalue weighted by atomic mass is 32.2. The van der Waals surface area contributed by atoms with E-state index in [-0.39, 0.29) is 23.6 Å². The lowest BCUT2D eigenvalue weighted by Crippen LogP contribution is -2.43. The molecule has 0 atom stereocenters. The fourth-order valence-corrected chi connectivity index (χ4v) is 5.79. The summed E-state index contributed by atoms with van der Waals surface area (Å²) in [4.78, 5) is 31.5. The Kier molecular flexibility index (Phi) is 7.51. The Bertz CT molecular complexity index is 1630. The number of rotatable bonds is 6. The molecule has 1 saturated heterocycles. The average Bonchev–Trinajstić information content (AvgIpc) is 3.45. The molecule has 2 aliphatic rings. The molecule has 0 radical (unpaired) electrons. The summed E-state index contributed by atoms with van der Waals surface area (Å²) in [7, 11) is -0.405. The molecule has 1 aromatic heterocycles. The second-order valence-corrected chi connectivity index (χ2v) is 13.2. The van der Waals surface area contributed by atoms with Crippen molar-refractivity contribution < 1.29 is 31.7 Å². The number of hydrogen-bond acceptors (Lipinski definition) is 9. The molecule has 5 rings (SSSR count). The third-order valence-corrected chi connectivity index (χ3v) is 7.64. The molecule has 2 aliphatic heterocycles. The predicted molar refractivity (Wildman–Crippen MR) is 155 cm³/mol. The van der Waals surface area contributed by atoms with Crippen LogP contribution >= 0.6 is 0 Å². The van der Waals surface area contributed by atoms with Crippen LogP contribution in [0, 0.1) is 0 Å². The smallest absolute Gasteiger partial charge is 0.419 e. The lowest BCUT2D eigenvalue weighted by atomic mass is 9.98. The van der Waals surface area contributed by atoms with E-state index in [1.807, 2.05) is 18.2 Å². The molecule has 0 spiro atoms. The van der Waals surface area contributed by atoms with Crippen LogP contribution in [0.25, 0.3) is 22.2 Å². The van der Waals surface area contributed by atoms with Gasteiger partial charge in [-0.3, -0.25) is 9.69 Å². The third kappa shape index (κ3) is 6.04. The van der Waals surface area contributed by atoms with Crippen LogP contribution in [0.15, 0.2) is 30.3 Å². The van der Waals surface area contributed by atoms with Gasteiger partial charge < -0.3 is 23.9 Å². The summed E-state index contributed by atoms with van der Waals surface area (Å²) in [6.07, 6.45) is 0.328. The monoisotopic (exact) mass is 584 g/mol. The van der Waals surface area contributed by atoms with Gasteiger partial charge in [-0.2, -0.15) is 8.42 Å². The van der Waals surface area contributed by atoms with E-state index in [1.54, 1.807) is 20.8 Å². The first-order valence-corrected chi connectivity index (χ1v) is 15.3. The molecule has 1 fully saturated rings. The molecule has 1 N–H and O–H groups in total.